The number of aryl methyl sites for hydroxylation is 1. The Labute approximate surface area is 179 Å². The number of nitrogens with one attached hydrogen (secondary N) is 2. The summed E-state index contributed by atoms with van der Waals surface area (Å²) in [4.78, 5) is 30.2. The summed E-state index contributed by atoms with van der Waals surface area (Å²) in [5.41, 5.74) is 5.91. The number of amides is 1. The molecule has 1 amide bonds. The number of fused-ring (bicyclic) bond motifs is 2. The quantitative estimate of drug-likeness (QED) is 0.486. The molecule has 5 rings (SSSR count). The van der Waals surface area contributed by atoms with Crippen molar-refractivity contribution < 1.29 is 14.3 Å². The number of aromatic nitrogens is 3. The maximum atomic E-state index is 13.2. The fourth-order valence-electron chi connectivity index (χ4n) is 4.42. The van der Waals surface area contributed by atoms with Gasteiger partial charge in [0, 0.05) is 34.9 Å². The van der Waals surface area contributed by atoms with Crippen molar-refractivity contribution in [1.29, 1.82) is 0 Å². The minimum Gasteiger partial charge on any atom is -0.465 e. The van der Waals surface area contributed by atoms with Crippen molar-refractivity contribution in [2.45, 2.75) is 19.4 Å². The van der Waals surface area contributed by atoms with E-state index in [1.807, 2.05) is 48.4 Å². The normalized spacial score (nSPS) is 15.5. The SMILES string of the molecule is COC(=O)c1ccc(C2c3c(n[nH]c3C)C(=O)N2CCc2c[nH]c3ccccc23)cc1. The zero-order chi connectivity index (χ0) is 21.5. The molecule has 1 aliphatic heterocycles. The molecule has 0 saturated heterocycles. The summed E-state index contributed by atoms with van der Waals surface area (Å²) in [6, 6.07) is 15.1. The summed E-state index contributed by atoms with van der Waals surface area (Å²) in [6.45, 7) is 2.48. The molecule has 7 heteroatoms. The monoisotopic (exact) mass is 414 g/mol. The van der Waals surface area contributed by atoms with Crippen LogP contribution in [0.25, 0.3) is 10.9 Å². The molecule has 156 valence electrons. The lowest BCUT2D eigenvalue weighted by atomic mass is 9.98. The van der Waals surface area contributed by atoms with E-state index >= 15 is 0 Å². The first-order valence-electron chi connectivity index (χ1n) is 10.2. The average molecular weight is 414 g/mol. The van der Waals surface area contributed by atoms with Crippen LogP contribution in [-0.2, 0) is 11.2 Å². The molecule has 3 heterocycles. The van der Waals surface area contributed by atoms with Crippen molar-refractivity contribution in [2.24, 2.45) is 0 Å². The Bertz CT molecular complexity index is 1290. The van der Waals surface area contributed by atoms with Crippen LogP contribution in [0, 0.1) is 6.92 Å². The molecular weight excluding hydrogens is 392 g/mol. The molecule has 1 atom stereocenters. The molecule has 7 nitrogen and oxygen atoms in total. The van der Waals surface area contributed by atoms with Crippen LogP contribution in [0.2, 0.25) is 0 Å². The molecule has 0 spiro atoms. The molecule has 0 bridgehead atoms. The maximum absolute atomic E-state index is 13.2. The summed E-state index contributed by atoms with van der Waals surface area (Å²) in [6.07, 6.45) is 2.73. The Kier molecular flexibility index (Phi) is 4.58. The first-order valence-corrected chi connectivity index (χ1v) is 10.2. The number of esters is 1. The van der Waals surface area contributed by atoms with Crippen molar-refractivity contribution in [3.05, 3.63) is 88.4 Å². The van der Waals surface area contributed by atoms with Gasteiger partial charge >= 0.3 is 5.97 Å². The molecule has 0 saturated carbocycles. The van der Waals surface area contributed by atoms with Gasteiger partial charge < -0.3 is 14.6 Å². The summed E-state index contributed by atoms with van der Waals surface area (Å²) in [5, 5.41) is 8.38. The molecule has 31 heavy (non-hydrogen) atoms. The highest BCUT2D eigenvalue weighted by Crippen LogP contribution is 2.39. The fourth-order valence-corrected chi connectivity index (χ4v) is 4.42. The number of benzene rings is 2. The van der Waals surface area contributed by atoms with Gasteiger partial charge in [0.15, 0.2) is 5.69 Å². The van der Waals surface area contributed by atoms with E-state index < -0.39 is 0 Å². The fraction of sp³-hybridized carbons (Fsp3) is 0.208. The highest BCUT2D eigenvalue weighted by molar-refractivity contribution is 5.98. The van der Waals surface area contributed by atoms with E-state index in [1.54, 1.807) is 12.1 Å². The summed E-state index contributed by atoms with van der Waals surface area (Å²) < 4.78 is 4.80. The zero-order valence-electron chi connectivity index (χ0n) is 17.3. The van der Waals surface area contributed by atoms with Crippen LogP contribution in [-0.4, -0.2) is 45.6 Å². The second-order valence-corrected chi connectivity index (χ2v) is 7.74. The van der Waals surface area contributed by atoms with Gasteiger partial charge in [-0.25, -0.2) is 4.79 Å². The van der Waals surface area contributed by atoms with Crippen LogP contribution < -0.4 is 0 Å². The first kappa shape index (κ1) is 19.1. The number of hydrogen-bond donors (Lipinski definition) is 2. The number of hydrogen-bond acceptors (Lipinski definition) is 4. The number of para-hydroxylation sites is 1. The number of aromatic amines is 2. The predicted molar refractivity (Wildman–Crippen MR) is 116 cm³/mol. The van der Waals surface area contributed by atoms with E-state index in [1.165, 1.54) is 18.1 Å². The Morgan fingerprint density at radius 1 is 1.16 bits per heavy atom. The summed E-state index contributed by atoms with van der Waals surface area (Å²) in [5.74, 6) is -0.466. The molecule has 0 fully saturated rings. The lowest BCUT2D eigenvalue weighted by molar-refractivity contribution is 0.0600. The Hall–Kier alpha value is -3.87. The maximum Gasteiger partial charge on any atom is 0.337 e. The van der Waals surface area contributed by atoms with Gasteiger partial charge in [-0.1, -0.05) is 30.3 Å². The molecule has 2 N–H and O–H groups in total. The Morgan fingerprint density at radius 3 is 2.71 bits per heavy atom. The third kappa shape index (κ3) is 3.09. The summed E-state index contributed by atoms with van der Waals surface area (Å²) >= 11 is 0. The lowest BCUT2D eigenvalue weighted by Gasteiger charge is -2.26. The average Bonchev–Trinajstić information content (AvgIpc) is 3.46. The van der Waals surface area contributed by atoms with Gasteiger partial charge in [-0.15, -0.1) is 0 Å². The topological polar surface area (TPSA) is 91.1 Å². The second-order valence-electron chi connectivity index (χ2n) is 7.74. The number of H-pyrrole nitrogens is 2. The minimum absolute atomic E-state index is 0.0822. The number of carbonyl (C=O) groups is 2. The molecule has 4 aromatic rings. The zero-order valence-corrected chi connectivity index (χ0v) is 17.3. The molecule has 2 aromatic heterocycles. The standard InChI is InChI=1S/C24H22N4O3/c1-14-20-21(27-26-14)23(29)28(12-11-17-13-25-19-6-4-3-5-18(17)19)22(20)15-7-9-16(10-8-15)24(30)31-2/h3-10,13,22,25H,11-12H2,1-2H3,(H,26,27). The number of ether oxygens (including phenoxy) is 1. The molecule has 1 unspecified atom stereocenters. The van der Waals surface area contributed by atoms with Crippen LogP contribution in [0.4, 0.5) is 0 Å². The van der Waals surface area contributed by atoms with Gasteiger partial charge in [-0.05, 0) is 42.7 Å². The third-order valence-electron chi connectivity index (χ3n) is 5.99. The van der Waals surface area contributed by atoms with Gasteiger partial charge in [-0.2, -0.15) is 5.10 Å². The van der Waals surface area contributed by atoms with Crippen LogP contribution in [0.3, 0.4) is 0 Å². The van der Waals surface area contributed by atoms with E-state index in [0.29, 0.717) is 17.8 Å². The summed E-state index contributed by atoms with van der Waals surface area (Å²) in [7, 11) is 1.36. The van der Waals surface area contributed by atoms with Crippen molar-refractivity contribution in [1.82, 2.24) is 20.1 Å². The number of methoxy groups -OCH3 is 1. The minimum atomic E-state index is -0.384. The van der Waals surface area contributed by atoms with Crippen molar-refractivity contribution >= 4 is 22.8 Å². The van der Waals surface area contributed by atoms with Gasteiger partial charge in [0.1, 0.15) is 0 Å². The van der Waals surface area contributed by atoms with E-state index in [0.717, 1.165) is 28.8 Å². The number of nitrogens with zero attached hydrogens (tertiary/aromatic N) is 2. The van der Waals surface area contributed by atoms with Gasteiger partial charge in [0.05, 0.1) is 18.7 Å². The van der Waals surface area contributed by atoms with E-state index in [2.05, 4.69) is 21.2 Å². The predicted octanol–water partition coefficient (Wildman–Crippen LogP) is 3.77. The van der Waals surface area contributed by atoms with Gasteiger partial charge in [-0.3, -0.25) is 9.89 Å². The van der Waals surface area contributed by atoms with Crippen molar-refractivity contribution in [2.75, 3.05) is 13.7 Å². The highest BCUT2D eigenvalue weighted by atomic mass is 16.5. The van der Waals surface area contributed by atoms with E-state index in [-0.39, 0.29) is 17.9 Å². The molecular formula is C24H22N4O3. The smallest absolute Gasteiger partial charge is 0.337 e. The first-order chi connectivity index (χ1) is 15.1. The van der Waals surface area contributed by atoms with Crippen LogP contribution in [0.15, 0.2) is 54.7 Å². The number of rotatable bonds is 5. The lowest BCUT2D eigenvalue weighted by Crippen LogP contribution is -2.31. The second kappa shape index (κ2) is 7.43. The van der Waals surface area contributed by atoms with E-state index in [9.17, 15) is 9.59 Å². The van der Waals surface area contributed by atoms with Gasteiger partial charge in [0.25, 0.3) is 5.91 Å². The van der Waals surface area contributed by atoms with Crippen LogP contribution in [0.1, 0.15) is 49.3 Å². The third-order valence-corrected chi connectivity index (χ3v) is 5.99. The Morgan fingerprint density at radius 2 is 1.94 bits per heavy atom. The van der Waals surface area contributed by atoms with Gasteiger partial charge in [0.2, 0.25) is 0 Å². The number of carbonyl (C=O) groups excluding carboxylic acids is 2. The molecule has 2 aromatic carbocycles. The largest absolute Gasteiger partial charge is 0.465 e. The van der Waals surface area contributed by atoms with Crippen LogP contribution >= 0.6 is 0 Å². The Balaban J connectivity index is 1.48. The molecule has 1 aliphatic rings. The highest BCUT2D eigenvalue weighted by Gasteiger charge is 2.41. The van der Waals surface area contributed by atoms with Crippen molar-refractivity contribution in [3.63, 3.8) is 0 Å². The molecule has 0 radical (unpaired) electrons. The van der Waals surface area contributed by atoms with E-state index in [4.69, 9.17) is 4.74 Å². The van der Waals surface area contributed by atoms with Crippen LogP contribution in [0.5, 0.6) is 0 Å². The van der Waals surface area contributed by atoms with Crippen molar-refractivity contribution in [3.8, 4) is 0 Å². The molecule has 0 aliphatic carbocycles.